The second-order valence-corrected chi connectivity index (χ2v) is 8.27. The van der Waals surface area contributed by atoms with Crippen LogP contribution < -0.4 is 5.32 Å². The lowest BCUT2D eigenvalue weighted by Gasteiger charge is -2.26. The second-order valence-electron chi connectivity index (χ2n) is 6.99. The Morgan fingerprint density at radius 3 is 2.32 bits per heavy atom. The molecule has 1 amide bonds. The minimum absolute atomic E-state index is 0.00594. The second kappa shape index (κ2) is 10.5. The Labute approximate surface area is 195 Å². The fraction of sp³-hybridized carbons (Fsp3) is 0.273. The Morgan fingerprint density at radius 1 is 1.00 bits per heavy atom. The van der Waals surface area contributed by atoms with Gasteiger partial charge in [-0.2, -0.15) is 0 Å². The van der Waals surface area contributed by atoms with Crippen molar-refractivity contribution in [2.45, 2.75) is 12.5 Å². The number of ketones is 1. The molecule has 0 saturated carbocycles. The van der Waals surface area contributed by atoms with Gasteiger partial charge in [-0.05, 0) is 54.9 Å². The number of aliphatic hydroxyl groups is 2. The van der Waals surface area contributed by atoms with Crippen LogP contribution in [0.25, 0.3) is 5.76 Å². The van der Waals surface area contributed by atoms with E-state index in [1.807, 2.05) is 0 Å². The van der Waals surface area contributed by atoms with Crippen molar-refractivity contribution in [1.29, 1.82) is 0 Å². The lowest BCUT2D eigenvalue weighted by molar-refractivity contribution is -0.139. The van der Waals surface area contributed by atoms with Crippen LogP contribution in [0.15, 0.2) is 48.0 Å². The molecule has 1 saturated heterocycles. The van der Waals surface area contributed by atoms with E-state index in [2.05, 4.69) is 5.32 Å². The summed E-state index contributed by atoms with van der Waals surface area (Å²) < 4.78 is 0. The molecule has 1 fully saturated rings. The molecule has 0 aromatic heterocycles. The number of carbonyl (C=O) groups excluding carboxylic acids is 2. The fourth-order valence-electron chi connectivity index (χ4n) is 3.50. The van der Waals surface area contributed by atoms with Crippen molar-refractivity contribution in [2.75, 3.05) is 26.2 Å². The van der Waals surface area contributed by atoms with Gasteiger partial charge in [0.2, 0.25) is 0 Å². The zero-order valence-corrected chi connectivity index (χ0v) is 18.7. The molecule has 0 aliphatic carbocycles. The molecule has 1 atom stereocenters. The zero-order chi connectivity index (χ0) is 22.5. The summed E-state index contributed by atoms with van der Waals surface area (Å²) in [5.41, 5.74) is 0.811. The average Bonchev–Trinajstić information content (AvgIpc) is 2.98. The van der Waals surface area contributed by atoms with Crippen molar-refractivity contribution in [3.63, 3.8) is 0 Å². The number of nitrogens with one attached hydrogen (secondary N) is 1. The van der Waals surface area contributed by atoms with Gasteiger partial charge in [0.25, 0.3) is 11.7 Å². The van der Waals surface area contributed by atoms with Crippen LogP contribution in [0.5, 0.6) is 0 Å². The third-order valence-electron chi connectivity index (χ3n) is 4.96. The quantitative estimate of drug-likeness (QED) is 0.228. The molecule has 6 nitrogen and oxygen atoms in total. The molecule has 3 rings (SSSR count). The molecule has 2 aromatic carbocycles. The van der Waals surface area contributed by atoms with Crippen LogP contribution in [0.1, 0.15) is 23.6 Å². The number of hydrogen-bond donors (Lipinski definition) is 3. The standard InChI is InChI=1S/C22H21Cl3N2O4/c23-14-4-2-13(3-5-14)20(29)18-19(16-7-6-15(24)12-17(16)25)27(22(31)21(18)30)10-1-8-26-9-11-28/h2-7,12,19,26,28-29H,1,8-11H2/t19-/m1/s1. The molecule has 9 heteroatoms. The highest BCUT2D eigenvalue weighted by Gasteiger charge is 2.46. The average molecular weight is 484 g/mol. The van der Waals surface area contributed by atoms with Crippen LogP contribution in [0.4, 0.5) is 0 Å². The molecule has 2 aromatic rings. The van der Waals surface area contributed by atoms with Gasteiger partial charge in [-0.3, -0.25) is 9.59 Å². The van der Waals surface area contributed by atoms with Crippen molar-refractivity contribution in [3.05, 3.63) is 74.2 Å². The van der Waals surface area contributed by atoms with Crippen molar-refractivity contribution >= 4 is 52.3 Å². The van der Waals surface area contributed by atoms with Crippen molar-refractivity contribution < 1.29 is 19.8 Å². The number of carbonyl (C=O) groups is 2. The van der Waals surface area contributed by atoms with E-state index in [0.29, 0.717) is 40.7 Å². The first kappa shape index (κ1) is 23.6. The zero-order valence-electron chi connectivity index (χ0n) is 16.4. The molecule has 1 heterocycles. The summed E-state index contributed by atoms with van der Waals surface area (Å²) in [5, 5.41) is 24.0. The summed E-state index contributed by atoms with van der Waals surface area (Å²) in [5.74, 6) is -1.80. The third-order valence-corrected chi connectivity index (χ3v) is 5.77. The van der Waals surface area contributed by atoms with Crippen LogP contribution in [-0.2, 0) is 9.59 Å². The highest BCUT2D eigenvalue weighted by molar-refractivity contribution is 6.47. The summed E-state index contributed by atoms with van der Waals surface area (Å²) >= 11 is 18.4. The van der Waals surface area contributed by atoms with Crippen LogP contribution in [0.2, 0.25) is 15.1 Å². The molecular formula is C22H21Cl3N2O4. The number of aliphatic hydroxyl groups excluding tert-OH is 2. The topological polar surface area (TPSA) is 89.9 Å². The van der Waals surface area contributed by atoms with Gasteiger partial charge in [-0.1, -0.05) is 40.9 Å². The Kier molecular flexibility index (Phi) is 7.97. The van der Waals surface area contributed by atoms with Gasteiger partial charge in [-0.25, -0.2) is 0 Å². The van der Waals surface area contributed by atoms with E-state index in [9.17, 15) is 14.7 Å². The Morgan fingerprint density at radius 2 is 1.68 bits per heavy atom. The van der Waals surface area contributed by atoms with Gasteiger partial charge in [0.1, 0.15) is 5.76 Å². The fourth-order valence-corrected chi connectivity index (χ4v) is 4.14. The van der Waals surface area contributed by atoms with Crippen LogP contribution in [-0.4, -0.2) is 53.0 Å². The summed E-state index contributed by atoms with van der Waals surface area (Å²) in [6.07, 6.45) is 0.537. The molecular weight excluding hydrogens is 463 g/mol. The van der Waals surface area contributed by atoms with Gasteiger partial charge < -0.3 is 20.4 Å². The monoisotopic (exact) mass is 482 g/mol. The van der Waals surface area contributed by atoms with Crippen molar-refractivity contribution in [1.82, 2.24) is 10.2 Å². The lowest BCUT2D eigenvalue weighted by Crippen LogP contribution is -2.33. The van der Waals surface area contributed by atoms with E-state index >= 15 is 0 Å². The summed E-state index contributed by atoms with van der Waals surface area (Å²) in [6, 6.07) is 10.3. The largest absolute Gasteiger partial charge is 0.507 e. The van der Waals surface area contributed by atoms with Gasteiger partial charge in [-0.15, -0.1) is 0 Å². The molecule has 3 N–H and O–H groups in total. The number of Topliss-reactive ketones (excluding diaryl/α,β-unsaturated/α-hetero) is 1. The maximum absolute atomic E-state index is 12.9. The van der Waals surface area contributed by atoms with E-state index < -0.39 is 17.7 Å². The number of amides is 1. The van der Waals surface area contributed by atoms with E-state index in [1.54, 1.807) is 36.4 Å². The molecule has 0 radical (unpaired) electrons. The van der Waals surface area contributed by atoms with Crippen molar-refractivity contribution in [3.8, 4) is 0 Å². The first-order chi connectivity index (χ1) is 14.8. The highest BCUT2D eigenvalue weighted by Crippen LogP contribution is 2.42. The third kappa shape index (κ3) is 5.22. The van der Waals surface area contributed by atoms with E-state index in [-0.39, 0.29) is 29.5 Å². The van der Waals surface area contributed by atoms with E-state index in [1.165, 1.54) is 11.0 Å². The van der Waals surface area contributed by atoms with Gasteiger partial charge in [0.15, 0.2) is 0 Å². The Hall–Kier alpha value is -2.09. The van der Waals surface area contributed by atoms with Crippen LogP contribution in [0.3, 0.4) is 0 Å². The molecule has 1 aliphatic rings. The Balaban J connectivity index is 2.05. The number of likely N-dealkylation sites (tertiary alicyclic amines) is 1. The van der Waals surface area contributed by atoms with E-state index in [4.69, 9.17) is 39.9 Å². The number of halogens is 3. The van der Waals surface area contributed by atoms with E-state index in [0.717, 1.165) is 0 Å². The summed E-state index contributed by atoms with van der Waals surface area (Å²) in [4.78, 5) is 27.2. The number of hydrogen-bond acceptors (Lipinski definition) is 5. The van der Waals surface area contributed by atoms with Crippen LogP contribution in [0, 0.1) is 0 Å². The minimum atomic E-state index is -0.863. The predicted molar refractivity (Wildman–Crippen MR) is 121 cm³/mol. The molecule has 0 bridgehead atoms. The molecule has 0 unspecified atom stereocenters. The SMILES string of the molecule is O=C1C(=O)N(CCCNCCO)[C@H](c2ccc(Cl)cc2Cl)C1=C(O)c1ccc(Cl)cc1. The first-order valence-corrected chi connectivity index (χ1v) is 10.8. The maximum Gasteiger partial charge on any atom is 0.295 e. The number of benzene rings is 2. The summed E-state index contributed by atoms with van der Waals surface area (Å²) in [6.45, 7) is 1.24. The lowest BCUT2D eigenvalue weighted by atomic mass is 9.95. The molecule has 1 aliphatic heterocycles. The predicted octanol–water partition coefficient (Wildman–Crippen LogP) is 4.04. The normalized spacial score (nSPS) is 18.1. The first-order valence-electron chi connectivity index (χ1n) is 9.66. The molecule has 0 spiro atoms. The number of rotatable bonds is 8. The molecule has 164 valence electrons. The molecule has 31 heavy (non-hydrogen) atoms. The highest BCUT2D eigenvalue weighted by atomic mass is 35.5. The van der Waals surface area contributed by atoms with Crippen molar-refractivity contribution in [2.24, 2.45) is 0 Å². The van der Waals surface area contributed by atoms with Crippen LogP contribution >= 0.6 is 34.8 Å². The summed E-state index contributed by atoms with van der Waals surface area (Å²) in [7, 11) is 0. The smallest absolute Gasteiger partial charge is 0.295 e. The Bertz CT molecular complexity index is 1010. The van der Waals surface area contributed by atoms with Gasteiger partial charge in [0.05, 0.1) is 18.2 Å². The minimum Gasteiger partial charge on any atom is -0.507 e. The van der Waals surface area contributed by atoms with Gasteiger partial charge >= 0.3 is 0 Å². The number of nitrogens with zero attached hydrogens (tertiary/aromatic N) is 1. The maximum atomic E-state index is 12.9. The van der Waals surface area contributed by atoms with Gasteiger partial charge in [0, 0.05) is 33.7 Å².